The molecular weight excluding hydrogens is 270 g/mol. The van der Waals surface area contributed by atoms with Gasteiger partial charge in [-0.15, -0.1) is 0 Å². The molecule has 0 fully saturated rings. The fourth-order valence-electron chi connectivity index (χ4n) is 2.00. The van der Waals surface area contributed by atoms with Gasteiger partial charge < -0.3 is 9.67 Å². The van der Waals surface area contributed by atoms with E-state index >= 15 is 0 Å². The van der Waals surface area contributed by atoms with E-state index in [1.54, 1.807) is 23.3 Å². The van der Waals surface area contributed by atoms with Gasteiger partial charge in [0.1, 0.15) is 5.69 Å². The summed E-state index contributed by atoms with van der Waals surface area (Å²) in [4.78, 5) is 19.6. The van der Waals surface area contributed by atoms with Crippen LogP contribution in [-0.2, 0) is 7.05 Å². The lowest BCUT2D eigenvalue weighted by atomic mass is 10.3. The molecule has 3 heterocycles. The highest BCUT2D eigenvalue weighted by atomic mass is 16.4. The highest BCUT2D eigenvalue weighted by Gasteiger charge is 2.17. The summed E-state index contributed by atoms with van der Waals surface area (Å²) in [5, 5.41) is 13.3. The van der Waals surface area contributed by atoms with Crippen molar-refractivity contribution in [1.82, 2.24) is 24.3 Å². The number of hydrogen-bond acceptors (Lipinski definition) is 4. The van der Waals surface area contributed by atoms with Gasteiger partial charge in [0.15, 0.2) is 5.69 Å². The summed E-state index contributed by atoms with van der Waals surface area (Å²) < 4.78 is 3.33. The van der Waals surface area contributed by atoms with Crippen LogP contribution in [0.15, 0.2) is 36.9 Å². The minimum atomic E-state index is -1.08. The van der Waals surface area contributed by atoms with E-state index in [1.807, 2.05) is 26.1 Å². The molecule has 0 spiro atoms. The monoisotopic (exact) mass is 283 g/mol. The van der Waals surface area contributed by atoms with Crippen LogP contribution in [0.2, 0.25) is 0 Å². The number of aromatic nitrogens is 5. The average molecular weight is 283 g/mol. The zero-order chi connectivity index (χ0) is 15.0. The molecule has 0 saturated carbocycles. The van der Waals surface area contributed by atoms with Crippen LogP contribution < -0.4 is 0 Å². The summed E-state index contributed by atoms with van der Waals surface area (Å²) in [7, 11) is 1.85. The quantitative estimate of drug-likeness (QED) is 0.790. The van der Waals surface area contributed by atoms with Gasteiger partial charge in [-0.25, -0.2) is 14.5 Å². The number of aromatic carboxylic acids is 1. The van der Waals surface area contributed by atoms with Crippen molar-refractivity contribution in [2.45, 2.75) is 6.92 Å². The zero-order valence-corrected chi connectivity index (χ0v) is 11.6. The number of nitrogens with zero attached hydrogens (tertiary/aromatic N) is 5. The van der Waals surface area contributed by atoms with Crippen molar-refractivity contribution in [2.75, 3.05) is 0 Å². The Hall–Kier alpha value is -2.96. The fourth-order valence-corrected chi connectivity index (χ4v) is 2.00. The molecule has 0 aliphatic rings. The van der Waals surface area contributed by atoms with Crippen LogP contribution in [-0.4, -0.2) is 35.4 Å². The predicted molar refractivity (Wildman–Crippen MR) is 75.3 cm³/mol. The van der Waals surface area contributed by atoms with Crippen molar-refractivity contribution < 1.29 is 9.90 Å². The molecule has 0 unspecified atom stereocenters. The number of carbonyl (C=O) groups is 1. The van der Waals surface area contributed by atoms with E-state index in [1.165, 1.54) is 10.7 Å². The van der Waals surface area contributed by atoms with E-state index in [-0.39, 0.29) is 5.69 Å². The maximum atomic E-state index is 11.2. The molecule has 0 aliphatic carbocycles. The Bertz CT molecular complexity index is 801. The van der Waals surface area contributed by atoms with Gasteiger partial charge in [0.05, 0.1) is 23.9 Å². The Morgan fingerprint density at radius 1 is 1.29 bits per heavy atom. The Kier molecular flexibility index (Phi) is 3.02. The lowest BCUT2D eigenvalue weighted by Gasteiger charge is -2.05. The zero-order valence-electron chi connectivity index (χ0n) is 11.6. The molecule has 0 aliphatic heterocycles. The van der Waals surface area contributed by atoms with Crippen LogP contribution in [0.1, 0.15) is 16.2 Å². The lowest BCUT2D eigenvalue weighted by molar-refractivity contribution is 0.0690. The minimum Gasteiger partial charge on any atom is -0.476 e. The number of carboxylic acid groups (broad SMARTS) is 1. The summed E-state index contributed by atoms with van der Waals surface area (Å²) in [5.74, 6) is -1.08. The van der Waals surface area contributed by atoms with Gasteiger partial charge in [-0.3, -0.25) is 4.98 Å². The Morgan fingerprint density at radius 2 is 2.10 bits per heavy atom. The second-order valence-corrected chi connectivity index (χ2v) is 4.71. The van der Waals surface area contributed by atoms with Gasteiger partial charge in [0, 0.05) is 25.0 Å². The molecule has 7 nitrogen and oxygen atoms in total. The normalized spacial score (nSPS) is 10.8. The van der Waals surface area contributed by atoms with Crippen LogP contribution in [0.4, 0.5) is 0 Å². The third kappa shape index (κ3) is 2.40. The standard InChI is InChI=1S/C14H13N5O2/c1-9-3-4-10(6-15-9)19-13(5-11(17-19)14(20)21)12-7-18(2)8-16-12/h3-8H,1-2H3,(H,20,21). The first-order valence-corrected chi connectivity index (χ1v) is 6.29. The van der Waals surface area contributed by atoms with Gasteiger partial charge in [0.25, 0.3) is 0 Å². The number of imidazole rings is 1. The van der Waals surface area contributed by atoms with Gasteiger partial charge >= 0.3 is 5.97 Å². The van der Waals surface area contributed by atoms with E-state index in [0.717, 1.165) is 5.69 Å². The van der Waals surface area contributed by atoms with E-state index < -0.39 is 5.97 Å². The maximum absolute atomic E-state index is 11.2. The molecule has 1 N–H and O–H groups in total. The third-order valence-corrected chi connectivity index (χ3v) is 3.04. The van der Waals surface area contributed by atoms with Crippen LogP contribution >= 0.6 is 0 Å². The molecular formula is C14H13N5O2. The molecule has 21 heavy (non-hydrogen) atoms. The van der Waals surface area contributed by atoms with Crippen molar-refractivity contribution in [3.05, 3.63) is 48.3 Å². The second-order valence-electron chi connectivity index (χ2n) is 4.71. The third-order valence-electron chi connectivity index (χ3n) is 3.04. The molecule has 7 heteroatoms. The summed E-state index contributed by atoms with van der Waals surface area (Å²) in [6.45, 7) is 1.88. The topological polar surface area (TPSA) is 85.8 Å². The number of pyridine rings is 1. The molecule has 3 aromatic rings. The van der Waals surface area contributed by atoms with Crippen molar-refractivity contribution in [3.8, 4) is 17.1 Å². The number of rotatable bonds is 3. The summed E-state index contributed by atoms with van der Waals surface area (Å²) in [6, 6.07) is 5.19. The minimum absolute atomic E-state index is 0.0313. The maximum Gasteiger partial charge on any atom is 0.356 e. The van der Waals surface area contributed by atoms with Crippen LogP contribution in [0, 0.1) is 6.92 Å². The number of carboxylic acids is 1. The Balaban J connectivity index is 2.18. The smallest absolute Gasteiger partial charge is 0.356 e. The highest BCUT2D eigenvalue weighted by molar-refractivity contribution is 5.87. The van der Waals surface area contributed by atoms with Gasteiger partial charge in [-0.05, 0) is 19.1 Å². The summed E-state index contributed by atoms with van der Waals surface area (Å²) in [6.07, 6.45) is 5.11. The largest absolute Gasteiger partial charge is 0.476 e. The lowest BCUT2D eigenvalue weighted by Crippen LogP contribution is -2.03. The predicted octanol–water partition coefficient (Wildman–Crippen LogP) is 1.67. The molecule has 0 amide bonds. The van der Waals surface area contributed by atoms with Crippen LogP contribution in [0.3, 0.4) is 0 Å². The Morgan fingerprint density at radius 3 is 2.67 bits per heavy atom. The first kappa shape index (κ1) is 13.0. The fraction of sp³-hybridized carbons (Fsp3) is 0.143. The molecule has 0 bridgehead atoms. The Labute approximate surface area is 120 Å². The van der Waals surface area contributed by atoms with Crippen molar-refractivity contribution >= 4 is 5.97 Å². The van der Waals surface area contributed by atoms with Crippen molar-refractivity contribution in [1.29, 1.82) is 0 Å². The van der Waals surface area contributed by atoms with Gasteiger partial charge in [-0.2, -0.15) is 5.10 Å². The molecule has 3 aromatic heterocycles. The highest BCUT2D eigenvalue weighted by Crippen LogP contribution is 2.22. The average Bonchev–Trinajstić information content (AvgIpc) is 3.05. The SMILES string of the molecule is Cc1ccc(-n2nc(C(=O)O)cc2-c2cn(C)cn2)cn1. The summed E-state index contributed by atoms with van der Waals surface area (Å²) in [5.41, 5.74) is 2.80. The van der Waals surface area contributed by atoms with Gasteiger partial charge in [-0.1, -0.05) is 0 Å². The van der Waals surface area contributed by atoms with E-state index in [0.29, 0.717) is 17.1 Å². The van der Waals surface area contributed by atoms with E-state index in [2.05, 4.69) is 15.1 Å². The second kappa shape index (κ2) is 4.86. The molecule has 0 saturated heterocycles. The number of aryl methyl sites for hydroxylation is 2. The van der Waals surface area contributed by atoms with Gasteiger partial charge in [0.2, 0.25) is 0 Å². The first-order valence-electron chi connectivity index (χ1n) is 6.29. The molecule has 0 radical (unpaired) electrons. The van der Waals surface area contributed by atoms with Crippen LogP contribution in [0.5, 0.6) is 0 Å². The molecule has 3 rings (SSSR count). The van der Waals surface area contributed by atoms with Crippen molar-refractivity contribution in [3.63, 3.8) is 0 Å². The molecule has 106 valence electrons. The molecule has 0 aromatic carbocycles. The van der Waals surface area contributed by atoms with Crippen LogP contribution in [0.25, 0.3) is 17.1 Å². The first-order chi connectivity index (χ1) is 10.0. The summed E-state index contributed by atoms with van der Waals surface area (Å²) >= 11 is 0. The number of hydrogen-bond donors (Lipinski definition) is 1. The molecule has 0 atom stereocenters. The van der Waals surface area contributed by atoms with E-state index in [9.17, 15) is 4.79 Å². The van der Waals surface area contributed by atoms with E-state index in [4.69, 9.17) is 5.11 Å². The van der Waals surface area contributed by atoms with Crippen molar-refractivity contribution in [2.24, 2.45) is 7.05 Å².